The van der Waals surface area contributed by atoms with E-state index in [0.717, 1.165) is 25.5 Å². The minimum absolute atomic E-state index is 0.279. The second kappa shape index (κ2) is 12.4. The van der Waals surface area contributed by atoms with Crippen molar-refractivity contribution in [2.45, 2.75) is 70.8 Å². The fourth-order valence-corrected chi connectivity index (χ4v) is 1.62. The number of carbonyl (C=O) groups is 1. The monoisotopic (exact) mass is 226 g/mol. The van der Waals surface area contributed by atoms with Crippen molar-refractivity contribution in [2.24, 2.45) is 0 Å². The molecule has 1 N–H and O–H groups in total. The van der Waals surface area contributed by atoms with Crippen LogP contribution in [-0.4, -0.2) is 17.5 Å². The Morgan fingerprint density at radius 1 is 1.06 bits per heavy atom. The Labute approximate surface area is 99.7 Å². The quantitative estimate of drug-likeness (QED) is 0.332. The van der Waals surface area contributed by atoms with Gasteiger partial charge in [-0.15, -0.1) is 0 Å². The van der Waals surface area contributed by atoms with Gasteiger partial charge in [0.1, 0.15) is 6.29 Å². The van der Waals surface area contributed by atoms with Gasteiger partial charge in [-0.2, -0.15) is 0 Å². The van der Waals surface area contributed by atoms with Crippen molar-refractivity contribution in [3.63, 3.8) is 0 Å². The predicted octanol–water partition coefficient (Wildman–Crippen LogP) is 3.63. The van der Waals surface area contributed by atoms with E-state index in [1.54, 1.807) is 0 Å². The molecular weight excluding hydrogens is 200 g/mol. The number of aliphatic hydroxyl groups is 1. The van der Waals surface area contributed by atoms with Crippen molar-refractivity contribution in [3.8, 4) is 0 Å². The maximum Gasteiger partial charge on any atom is 0.122 e. The predicted molar refractivity (Wildman–Crippen MR) is 68.4 cm³/mol. The SMILES string of the molecule is CCCCCCC=CCCCC(O)CC=O. The molecule has 0 aromatic rings. The summed E-state index contributed by atoms with van der Waals surface area (Å²) in [4.78, 5) is 10.1. The zero-order valence-electron chi connectivity index (χ0n) is 10.5. The van der Waals surface area contributed by atoms with Gasteiger partial charge < -0.3 is 9.90 Å². The van der Waals surface area contributed by atoms with E-state index in [2.05, 4.69) is 19.1 Å². The van der Waals surface area contributed by atoms with Crippen LogP contribution in [0, 0.1) is 0 Å². The Hall–Kier alpha value is -0.630. The van der Waals surface area contributed by atoms with Gasteiger partial charge in [0.05, 0.1) is 6.10 Å². The molecule has 0 aliphatic carbocycles. The van der Waals surface area contributed by atoms with E-state index in [-0.39, 0.29) is 6.42 Å². The lowest BCUT2D eigenvalue weighted by molar-refractivity contribution is -0.109. The molecule has 0 rings (SSSR count). The topological polar surface area (TPSA) is 37.3 Å². The molecule has 0 aliphatic heterocycles. The lowest BCUT2D eigenvalue weighted by Crippen LogP contribution is -2.05. The normalized spacial score (nSPS) is 13.1. The Balaban J connectivity index is 3.18. The molecule has 0 saturated heterocycles. The molecule has 0 aromatic carbocycles. The molecule has 0 amide bonds. The first-order chi connectivity index (χ1) is 7.81. The van der Waals surface area contributed by atoms with Crippen LogP contribution >= 0.6 is 0 Å². The van der Waals surface area contributed by atoms with E-state index < -0.39 is 6.10 Å². The largest absolute Gasteiger partial charge is 0.393 e. The highest BCUT2D eigenvalue weighted by atomic mass is 16.3. The van der Waals surface area contributed by atoms with Crippen LogP contribution < -0.4 is 0 Å². The fourth-order valence-electron chi connectivity index (χ4n) is 1.62. The summed E-state index contributed by atoms with van der Waals surface area (Å²) in [7, 11) is 0. The van der Waals surface area contributed by atoms with Crippen LogP contribution in [0.1, 0.15) is 64.7 Å². The van der Waals surface area contributed by atoms with Crippen molar-refractivity contribution in [1.29, 1.82) is 0 Å². The fraction of sp³-hybridized carbons (Fsp3) is 0.786. The van der Waals surface area contributed by atoms with Crippen LogP contribution in [0.25, 0.3) is 0 Å². The molecule has 94 valence electrons. The van der Waals surface area contributed by atoms with Crippen LogP contribution in [-0.2, 0) is 4.79 Å². The molecule has 0 heterocycles. The average Bonchev–Trinajstić information content (AvgIpc) is 2.27. The number of unbranched alkanes of at least 4 members (excludes halogenated alkanes) is 5. The number of hydrogen-bond donors (Lipinski definition) is 1. The molecule has 0 fully saturated rings. The highest BCUT2D eigenvalue weighted by Crippen LogP contribution is 2.06. The highest BCUT2D eigenvalue weighted by molar-refractivity contribution is 5.49. The Bertz CT molecular complexity index is 176. The van der Waals surface area contributed by atoms with Crippen molar-refractivity contribution < 1.29 is 9.90 Å². The summed E-state index contributed by atoms with van der Waals surface area (Å²) >= 11 is 0. The molecule has 0 aliphatic rings. The maximum absolute atomic E-state index is 10.1. The molecule has 0 radical (unpaired) electrons. The maximum atomic E-state index is 10.1. The molecular formula is C14H26O2. The van der Waals surface area contributed by atoms with Gasteiger partial charge in [0.15, 0.2) is 0 Å². The van der Waals surface area contributed by atoms with Gasteiger partial charge in [0.25, 0.3) is 0 Å². The molecule has 2 heteroatoms. The smallest absolute Gasteiger partial charge is 0.122 e. The first kappa shape index (κ1) is 15.4. The van der Waals surface area contributed by atoms with Crippen LogP contribution in [0.4, 0.5) is 0 Å². The molecule has 16 heavy (non-hydrogen) atoms. The molecule has 0 aromatic heterocycles. The van der Waals surface area contributed by atoms with E-state index in [4.69, 9.17) is 0 Å². The standard InChI is InChI=1S/C14H26O2/c1-2-3-4-5-6-7-8-9-10-11-14(16)12-13-15/h7-8,13-14,16H,2-6,9-12H2,1H3. The van der Waals surface area contributed by atoms with Gasteiger partial charge in [-0.3, -0.25) is 0 Å². The summed E-state index contributed by atoms with van der Waals surface area (Å²) in [5.74, 6) is 0. The molecule has 0 saturated carbocycles. The van der Waals surface area contributed by atoms with E-state index in [9.17, 15) is 9.90 Å². The first-order valence-electron chi connectivity index (χ1n) is 6.58. The second-order valence-corrected chi connectivity index (χ2v) is 4.31. The average molecular weight is 226 g/mol. The number of carbonyl (C=O) groups excluding carboxylic acids is 1. The van der Waals surface area contributed by atoms with Gasteiger partial charge in [-0.1, -0.05) is 38.3 Å². The Morgan fingerprint density at radius 3 is 2.38 bits per heavy atom. The Kier molecular flexibility index (Phi) is 11.9. The van der Waals surface area contributed by atoms with Gasteiger partial charge in [-0.25, -0.2) is 0 Å². The lowest BCUT2D eigenvalue weighted by atomic mass is 10.1. The summed E-state index contributed by atoms with van der Waals surface area (Å²) in [6.45, 7) is 2.22. The minimum atomic E-state index is -0.435. The van der Waals surface area contributed by atoms with E-state index in [1.165, 1.54) is 32.1 Å². The van der Waals surface area contributed by atoms with Crippen LogP contribution in [0.5, 0.6) is 0 Å². The van der Waals surface area contributed by atoms with E-state index >= 15 is 0 Å². The molecule has 0 bridgehead atoms. The van der Waals surface area contributed by atoms with Crippen molar-refractivity contribution in [3.05, 3.63) is 12.2 Å². The number of hydrogen-bond acceptors (Lipinski definition) is 2. The summed E-state index contributed by atoms with van der Waals surface area (Å²) in [6.07, 6.45) is 14.2. The highest BCUT2D eigenvalue weighted by Gasteiger charge is 2.00. The lowest BCUT2D eigenvalue weighted by Gasteiger charge is -2.03. The number of aliphatic hydroxyl groups excluding tert-OH is 1. The van der Waals surface area contributed by atoms with Crippen LogP contribution in [0.15, 0.2) is 12.2 Å². The number of aldehydes is 1. The third kappa shape index (κ3) is 11.4. The van der Waals surface area contributed by atoms with Gasteiger partial charge in [-0.05, 0) is 32.1 Å². The van der Waals surface area contributed by atoms with Gasteiger partial charge in [0, 0.05) is 6.42 Å². The Morgan fingerprint density at radius 2 is 1.75 bits per heavy atom. The van der Waals surface area contributed by atoms with Crippen LogP contribution in [0.3, 0.4) is 0 Å². The third-order valence-corrected chi connectivity index (χ3v) is 2.67. The summed E-state index contributed by atoms with van der Waals surface area (Å²) in [6, 6.07) is 0. The molecule has 2 nitrogen and oxygen atoms in total. The molecule has 1 unspecified atom stereocenters. The zero-order chi connectivity index (χ0) is 12.1. The van der Waals surface area contributed by atoms with Crippen LogP contribution in [0.2, 0.25) is 0 Å². The summed E-state index contributed by atoms with van der Waals surface area (Å²) in [5.41, 5.74) is 0. The first-order valence-corrected chi connectivity index (χ1v) is 6.58. The van der Waals surface area contributed by atoms with Crippen molar-refractivity contribution >= 4 is 6.29 Å². The van der Waals surface area contributed by atoms with E-state index in [1.807, 2.05) is 0 Å². The molecule has 0 spiro atoms. The van der Waals surface area contributed by atoms with Crippen molar-refractivity contribution in [2.75, 3.05) is 0 Å². The number of allylic oxidation sites excluding steroid dienone is 2. The zero-order valence-corrected chi connectivity index (χ0v) is 10.5. The van der Waals surface area contributed by atoms with E-state index in [0.29, 0.717) is 0 Å². The number of rotatable bonds is 11. The van der Waals surface area contributed by atoms with Gasteiger partial charge >= 0.3 is 0 Å². The van der Waals surface area contributed by atoms with Gasteiger partial charge in [0.2, 0.25) is 0 Å². The second-order valence-electron chi connectivity index (χ2n) is 4.31. The summed E-state index contributed by atoms with van der Waals surface area (Å²) in [5, 5.41) is 9.29. The third-order valence-electron chi connectivity index (χ3n) is 2.67. The molecule has 1 atom stereocenters. The minimum Gasteiger partial charge on any atom is -0.393 e. The van der Waals surface area contributed by atoms with Crippen molar-refractivity contribution in [1.82, 2.24) is 0 Å². The summed E-state index contributed by atoms with van der Waals surface area (Å²) < 4.78 is 0.